The van der Waals surface area contributed by atoms with Gasteiger partial charge >= 0.3 is 6.61 Å². The normalized spacial score (nSPS) is 15.1. The minimum atomic E-state index is -2.91. The van der Waals surface area contributed by atoms with Crippen LogP contribution in [0.15, 0.2) is 18.5 Å². The SMILES string of the molecule is CC(C)(C1CC1)n1ncc2ncc(Nc3cc(OC(F)F)[nH]n3)nc21. The van der Waals surface area contributed by atoms with E-state index in [1.54, 1.807) is 12.4 Å². The first-order chi connectivity index (χ1) is 11.9. The summed E-state index contributed by atoms with van der Waals surface area (Å²) in [5, 5.41) is 13.6. The molecule has 2 N–H and O–H groups in total. The first kappa shape index (κ1) is 15.7. The highest BCUT2D eigenvalue weighted by Gasteiger charge is 2.40. The number of anilines is 2. The second-order valence-electron chi connectivity index (χ2n) is 6.57. The summed E-state index contributed by atoms with van der Waals surface area (Å²) in [5.74, 6) is 1.19. The monoisotopic (exact) mass is 349 g/mol. The summed E-state index contributed by atoms with van der Waals surface area (Å²) in [6.45, 7) is 1.37. The zero-order chi connectivity index (χ0) is 17.6. The number of H-pyrrole nitrogens is 1. The molecule has 1 aliphatic carbocycles. The standard InChI is InChI=1S/C15H17F2N7O/c1-15(2,8-3-4-8)24-13-9(6-19-24)18-7-11(21-13)20-10-5-12(23-22-10)25-14(16)17/h5-8,14H,3-4H2,1-2H3,(H2,20,21,22,23). The van der Waals surface area contributed by atoms with E-state index in [2.05, 4.69) is 49.2 Å². The fourth-order valence-corrected chi connectivity index (χ4v) is 2.90. The molecule has 132 valence electrons. The zero-order valence-corrected chi connectivity index (χ0v) is 13.7. The molecule has 0 bridgehead atoms. The van der Waals surface area contributed by atoms with Crippen LogP contribution in [0.4, 0.5) is 20.4 Å². The molecule has 0 radical (unpaired) electrons. The maximum absolute atomic E-state index is 12.2. The average molecular weight is 349 g/mol. The van der Waals surface area contributed by atoms with Gasteiger partial charge in [0.1, 0.15) is 5.52 Å². The van der Waals surface area contributed by atoms with Crippen molar-refractivity contribution in [1.29, 1.82) is 0 Å². The Bertz CT molecular complexity index is 900. The molecule has 0 spiro atoms. The molecule has 0 aliphatic heterocycles. The molecule has 0 atom stereocenters. The zero-order valence-electron chi connectivity index (χ0n) is 13.7. The Morgan fingerprint density at radius 2 is 2.12 bits per heavy atom. The fourth-order valence-electron chi connectivity index (χ4n) is 2.90. The quantitative estimate of drug-likeness (QED) is 0.710. The minimum absolute atomic E-state index is 0.133. The molecule has 1 aliphatic rings. The summed E-state index contributed by atoms with van der Waals surface area (Å²) in [6.07, 6.45) is 5.60. The van der Waals surface area contributed by atoms with Crippen molar-refractivity contribution in [3.8, 4) is 5.88 Å². The number of aromatic amines is 1. The second kappa shape index (κ2) is 5.64. The lowest BCUT2D eigenvalue weighted by atomic mass is 9.99. The number of hydrogen-bond donors (Lipinski definition) is 2. The van der Waals surface area contributed by atoms with Crippen molar-refractivity contribution < 1.29 is 13.5 Å². The van der Waals surface area contributed by atoms with Gasteiger partial charge in [-0.2, -0.15) is 19.0 Å². The van der Waals surface area contributed by atoms with E-state index < -0.39 is 6.61 Å². The molecule has 0 amide bonds. The van der Waals surface area contributed by atoms with Crippen LogP contribution in [0.1, 0.15) is 26.7 Å². The van der Waals surface area contributed by atoms with E-state index in [9.17, 15) is 8.78 Å². The Morgan fingerprint density at radius 3 is 2.84 bits per heavy atom. The van der Waals surface area contributed by atoms with Crippen LogP contribution in [0.5, 0.6) is 5.88 Å². The van der Waals surface area contributed by atoms with E-state index >= 15 is 0 Å². The molecule has 0 aromatic carbocycles. The molecule has 3 heterocycles. The van der Waals surface area contributed by atoms with Crippen LogP contribution in [-0.4, -0.2) is 36.6 Å². The van der Waals surface area contributed by atoms with Gasteiger partial charge < -0.3 is 10.1 Å². The Balaban J connectivity index is 1.61. The number of alkyl halides is 2. The summed E-state index contributed by atoms with van der Waals surface area (Å²) < 4.78 is 30.5. The van der Waals surface area contributed by atoms with Crippen molar-refractivity contribution in [3.63, 3.8) is 0 Å². The lowest BCUT2D eigenvalue weighted by Crippen LogP contribution is -2.30. The second-order valence-corrected chi connectivity index (χ2v) is 6.57. The van der Waals surface area contributed by atoms with E-state index in [4.69, 9.17) is 0 Å². The predicted molar refractivity (Wildman–Crippen MR) is 85.9 cm³/mol. The van der Waals surface area contributed by atoms with Crippen LogP contribution in [0, 0.1) is 5.92 Å². The molecule has 0 unspecified atom stereocenters. The van der Waals surface area contributed by atoms with Gasteiger partial charge in [-0.05, 0) is 32.6 Å². The molecule has 3 aromatic rings. The number of halogens is 2. The van der Waals surface area contributed by atoms with Crippen LogP contribution in [0.2, 0.25) is 0 Å². The summed E-state index contributed by atoms with van der Waals surface area (Å²) in [5.41, 5.74) is 1.23. The van der Waals surface area contributed by atoms with Gasteiger partial charge in [-0.3, -0.25) is 0 Å². The van der Waals surface area contributed by atoms with Crippen molar-refractivity contribution in [2.45, 2.75) is 38.8 Å². The number of hydrogen-bond acceptors (Lipinski definition) is 6. The number of nitrogens with one attached hydrogen (secondary N) is 2. The number of rotatable bonds is 6. The number of nitrogens with zero attached hydrogens (tertiary/aromatic N) is 5. The third kappa shape index (κ3) is 2.99. The highest BCUT2D eigenvalue weighted by atomic mass is 19.3. The fraction of sp³-hybridized carbons (Fsp3) is 0.467. The number of ether oxygens (including phenoxy) is 1. The first-order valence-corrected chi connectivity index (χ1v) is 7.92. The van der Waals surface area contributed by atoms with Crippen molar-refractivity contribution in [2.24, 2.45) is 5.92 Å². The van der Waals surface area contributed by atoms with Crippen molar-refractivity contribution in [1.82, 2.24) is 29.9 Å². The number of aromatic nitrogens is 6. The Morgan fingerprint density at radius 1 is 1.32 bits per heavy atom. The van der Waals surface area contributed by atoms with Crippen LogP contribution < -0.4 is 10.1 Å². The summed E-state index contributed by atoms with van der Waals surface area (Å²) in [6, 6.07) is 1.32. The first-order valence-electron chi connectivity index (χ1n) is 7.92. The van der Waals surface area contributed by atoms with Crippen LogP contribution in [0.3, 0.4) is 0 Å². The molecule has 25 heavy (non-hydrogen) atoms. The van der Waals surface area contributed by atoms with Gasteiger partial charge in [0.05, 0.1) is 17.9 Å². The average Bonchev–Trinajstić information content (AvgIpc) is 3.20. The van der Waals surface area contributed by atoms with Gasteiger partial charge in [0.2, 0.25) is 5.88 Å². The Hall–Kier alpha value is -2.78. The molecule has 10 heteroatoms. The van der Waals surface area contributed by atoms with E-state index in [0.717, 1.165) is 0 Å². The highest BCUT2D eigenvalue weighted by Crippen LogP contribution is 2.44. The van der Waals surface area contributed by atoms with E-state index in [-0.39, 0.29) is 11.4 Å². The minimum Gasteiger partial charge on any atom is -0.417 e. The molecule has 1 saturated carbocycles. The van der Waals surface area contributed by atoms with E-state index in [0.29, 0.717) is 28.7 Å². The summed E-state index contributed by atoms with van der Waals surface area (Å²) in [4.78, 5) is 8.91. The van der Waals surface area contributed by atoms with Crippen LogP contribution in [0.25, 0.3) is 11.2 Å². The van der Waals surface area contributed by atoms with Gasteiger partial charge in [0, 0.05) is 6.07 Å². The lowest BCUT2D eigenvalue weighted by molar-refractivity contribution is -0.0528. The van der Waals surface area contributed by atoms with E-state index in [1.165, 1.54) is 18.9 Å². The van der Waals surface area contributed by atoms with Gasteiger partial charge in [-0.25, -0.2) is 19.7 Å². The van der Waals surface area contributed by atoms with Crippen LogP contribution >= 0.6 is 0 Å². The van der Waals surface area contributed by atoms with Gasteiger partial charge in [-0.15, -0.1) is 0 Å². The molecular weight excluding hydrogens is 332 g/mol. The van der Waals surface area contributed by atoms with Gasteiger partial charge in [-0.1, -0.05) is 0 Å². The van der Waals surface area contributed by atoms with Crippen molar-refractivity contribution in [2.75, 3.05) is 5.32 Å². The Kier molecular flexibility index (Phi) is 3.55. The number of fused-ring (bicyclic) bond motifs is 1. The van der Waals surface area contributed by atoms with Crippen LogP contribution in [-0.2, 0) is 5.54 Å². The predicted octanol–water partition coefficient (Wildman–Crippen LogP) is 3.04. The maximum Gasteiger partial charge on any atom is 0.388 e. The third-order valence-electron chi connectivity index (χ3n) is 4.43. The molecule has 3 aromatic heterocycles. The summed E-state index contributed by atoms with van der Waals surface area (Å²) in [7, 11) is 0. The highest BCUT2D eigenvalue weighted by molar-refractivity contribution is 5.72. The topological polar surface area (TPSA) is 93.5 Å². The van der Waals surface area contributed by atoms with Gasteiger partial charge in [0.15, 0.2) is 17.3 Å². The molecule has 8 nitrogen and oxygen atoms in total. The molecule has 1 fully saturated rings. The Labute approximate surface area is 141 Å². The van der Waals surface area contributed by atoms with Gasteiger partial charge in [0.25, 0.3) is 0 Å². The smallest absolute Gasteiger partial charge is 0.388 e. The lowest BCUT2D eigenvalue weighted by Gasteiger charge is -2.25. The van der Waals surface area contributed by atoms with Crippen molar-refractivity contribution >= 4 is 22.8 Å². The third-order valence-corrected chi connectivity index (χ3v) is 4.43. The largest absolute Gasteiger partial charge is 0.417 e. The van der Waals surface area contributed by atoms with E-state index in [1.807, 2.05) is 4.68 Å². The molecular formula is C15H17F2N7O. The molecule has 4 rings (SSSR count). The summed E-state index contributed by atoms with van der Waals surface area (Å²) >= 11 is 0. The van der Waals surface area contributed by atoms with Crippen molar-refractivity contribution in [3.05, 3.63) is 18.5 Å². The molecule has 0 saturated heterocycles. The maximum atomic E-state index is 12.2.